The number of hydrogen-bond donors (Lipinski definition) is 2. The van der Waals surface area contributed by atoms with E-state index in [4.69, 9.17) is 5.73 Å². The number of aliphatic imine (C=N–C) groups is 1. The molecule has 0 bridgehead atoms. The number of halogens is 3. The molecular formula is C13H18F3N5. The zero-order chi connectivity index (χ0) is 15.5. The molecule has 8 heteroatoms. The van der Waals surface area contributed by atoms with E-state index in [0.29, 0.717) is 12.0 Å². The Morgan fingerprint density at radius 3 is 2.86 bits per heavy atom. The number of nitrogens with one attached hydrogen (secondary N) is 1. The molecule has 116 valence electrons. The van der Waals surface area contributed by atoms with Gasteiger partial charge in [0.15, 0.2) is 5.96 Å². The molecule has 0 aromatic carbocycles. The molecule has 3 N–H and O–H groups in total. The zero-order valence-electron chi connectivity index (χ0n) is 11.7. The maximum absolute atomic E-state index is 12.8. The van der Waals surface area contributed by atoms with Crippen LogP contribution in [-0.2, 0) is 6.18 Å². The van der Waals surface area contributed by atoms with E-state index in [9.17, 15) is 13.2 Å². The van der Waals surface area contributed by atoms with E-state index in [1.165, 1.54) is 12.3 Å². The van der Waals surface area contributed by atoms with Gasteiger partial charge in [-0.3, -0.25) is 4.99 Å². The van der Waals surface area contributed by atoms with E-state index in [2.05, 4.69) is 15.3 Å². The average molecular weight is 301 g/mol. The van der Waals surface area contributed by atoms with Crippen molar-refractivity contribution in [3.8, 4) is 0 Å². The average Bonchev–Trinajstić information content (AvgIpc) is 3.26. The molecule has 0 spiro atoms. The fourth-order valence-electron chi connectivity index (χ4n) is 1.88. The number of nitrogens with two attached hydrogens (primary N) is 1. The molecule has 1 aliphatic rings. The summed E-state index contributed by atoms with van der Waals surface area (Å²) in [6, 6.07) is 2.71. The van der Waals surface area contributed by atoms with Crippen molar-refractivity contribution >= 4 is 11.8 Å². The molecule has 1 aliphatic carbocycles. The Balaban J connectivity index is 1.87. The van der Waals surface area contributed by atoms with Gasteiger partial charge in [0.2, 0.25) is 0 Å². The number of rotatable bonds is 5. The number of hydrogen-bond acceptors (Lipinski definition) is 3. The maximum atomic E-state index is 12.8. The van der Waals surface area contributed by atoms with Crippen molar-refractivity contribution in [2.75, 3.05) is 25.5 Å². The lowest BCUT2D eigenvalue weighted by Gasteiger charge is -2.17. The number of guanidine groups is 1. The standard InChI is InChI=1S/C13H18F3N5/c1-21(9-4-5-9)12(17)20-8-7-19-11-10(13(14,15)16)3-2-6-18-11/h2-3,6,9H,4-5,7-8H2,1H3,(H2,17,20)(H,18,19). The SMILES string of the molecule is CN(C(N)=NCCNc1ncccc1C(F)(F)F)C1CC1. The lowest BCUT2D eigenvalue weighted by Crippen LogP contribution is -2.36. The van der Waals surface area contributed by atoms with Crippen molar-refractivity contribution < 1.29 is 13.2 Å². The monoisotopic (exact) mass is 301 g/mol. The third-order valence-electron chi connectivity index (χ3n) is 3.25. The van der Waals surface area contributed by atoms with Crippen molar-refractivity contribution in [3.63, 3.8) is 0 Å². The van der Waals surface area contributed by atoms with Gasteiger partial charge in [-0.2, -0.15) is 13.2 Å². The molecular weight excluding hydrogens is 283 g/mol. The van der Waals surface area contributed by atoms with Crippen LogP contribution in [0.2, 0.25) is 0 Å². The first kappa shape index (κ1) is 15.4. The van der Waals surface area contributed by atoms with Crippen LogP contribution < -0.4 is 11.1 Å². The molecule has 1 aromatic heterocycles. The maximum Gasteiger partial charge on any atom is 0.419 e. The third kappa shape index (κ3) is 4.24. The van der Waals surface area contributed by atoms with Crippen LogP contribution in [0.25, 0.3) is 0 Å². The minimum atomic E-state index is -4.43. The normalized spacial score (nSPS) is 15.9. The van der Waals surface area contributed by atoms with Crippen LogP contribution >= 0.6 is 0 Å². The predicted octanol–water partition coefficient (Wildman–Crippen LogP) is 1.92. The van der Waals surface area contributed by atoms with Crippen LogP contribution in [0, 0.1) is 0 Å². The molecule has 1 saturated carbocycles. The Bertz CT molecular complexity index is 511. The summed E-state index contributed by atoms with van der Waals surface area (Å²) in [6.45, 7) is 0.524. The summed E-state index contributed by atoms with van der Waals surface area (Å²) < 4.78 is 38.3. The summed E-state index contributed by atoms with van der Waals surface area (Å²) in [7, 11) is 1.87. The van der Waals surface area contributed by atoms with Gasteiger partial charge in [0, 0.05) is 25.8 Å². The van der Waals surface area contributed by atoms with Crippen LogP contribution in [0.5, 0.6) is 0 Å². The highest BCUT2D eigenvalue weighted by atomic mass is 19.4. The fourth-order valence-corrected chi connectivity index (χ4v) is 1.88. The van der Waals surface area contributed by atoms with Gasteiger partial charge in [-0.25, -0.2) is 4.98 Å². The Hall–Kier alpha value is -1.99. The van der Waals surface area contributed by atoms with Gasteiger partial charge in [-0.1, -0.05) is 0 Å². The Labute approximate surface area is 121 Å². The second kappa shape index (κ2) is 6.19. The lowest BCUT2D eigenvalue weighted by molar-refractivity contribution is -0.137. The van der Waals surface area contributed by atoms with Gasteiger partial charge in [0.25, 0.3) is 0 Å². The minimum Gasteiger partial charge on any atom is -0.370 e. The first-order chi connectivity index (χ1) is 9.89. The number of aromatic nitrogens is 1. The van der Waals surface area contributed by atoms with Gasteiger partial charge in [-0.15, -0.1) is 0 Å². The number of nitrogens with zero attached hydrogens (tertiary/aromatic N) is 3. The van der Waals surface area contributed by atoms with Crippen LogP contribution in [0.3, 0.4) is 0 Å². The van der Waals surface area contributed by atoms with Crippen molar-refractivity contribution in [2.24, 2.45) is 10.7 Å². The highest BCUT2D eigenvalue weighted by Crippen LogP contribution is 2.33. The molecule has 2 rings (SSSR count). The molecule has 0 amide bonds. The number of anilines is 1. The molecule has 1 heterocycles. The second-order valence-electron chi connectivity index (χ2n) is 4.91. The van der Waals surface area contributed by atoms with Gasteiger partial charge in [0.05, 0.1) is 12.1 Å². The summed E-state index contributed by atoms with van der Waals surface area (Å²) in [5, 5.41) is 2.65. The number of pyridine rings is 1. The second-order valence-corrected chi connectivity index (χ2v) is 4.91. The van der Waals surface area contributed by atoms with E-state index >= 15 is 0 Å². The quantitative estimate of drug-likeness (QED) is 0.495. The summed E-state index contributed by atoms with van der Waals surface area (Å²) in [4.78, 5) is 9.75. The summed E-state index contributed by atoms with van der Waals surface area (Å²) >= 11 is 0. The first-order valence-corrected chi connectivity index (χ1v) is 6.68. The highest BCUT2D eigenvalue weighted by molar-refractivity contribution is 5.78. The van der Waals surface area contributed by atoms with Crippen molar-refractivity contribution in [1.29, 1.82) is 0 Å². The van der Waals surface area contributed by atoms with Crippen molar-refractivity contribution in [2.45, 2.75) is 25.1 Å². The molecule has 0 aliphatic heterocycles. The van der Waals surface area contributed by atoms with Gasteiger partial charge in [0.1, 0.15) is 5.82 Å². The predicted molar refractivity (Wildman–Crippen MR) is 75.0 cm³/mol. The van der Waals surface area contributed by atoms with E-state index in [1.54, 1.807) is 0 Å². The number of alkyl halides is 3. The van der Waals surface area contributed by atoms with Crippen LogP contribution in [0.1, 0.15) is 18.4 Å². The third-order valence-corrected chi connectivity index (χ3v) is 3.25. The lowest BCUT2D eigenvalue weighted by atomic mass is 10.2. The van der Waals surface area contributed by atoms with E-state index in [1.807, 2.05) is 11.9 Å². The molecule has 5 nitrogen and oxygen atoms in total. The van der Waals surface area contributed by atoms with Crippen LogP contribution in [0.4, 0.5) is 19.0 Å². The van der Waals surface area contributed by atoms with Crippen LogP contribution in [0.15, 0.2) is 23.3 Å². The largest absolute Gasteiger partial charge is 0.419 e. The topological polar surface area (TPSA) is 66.5 Å². The van der Waals surface area contributed by atoms with Gasteiger partial charge in [-0.05, 0) is 25.0 Å². The molecule has 1 aromatic rings. The van der Waals surface area contributed by atoms with E-state index in [-0.39, 0.29) is 18.9 Å². The zero-order valence-corrected chi connectivity index (χ0v) is 11.7. The van der Waals surface area contributed by atoms with Crippen molar-refractivity contribution in [1.82, 2.24) is 9.88 Å². The fraction of sp³-hybridized carbons (Fsp3) is 0.538. The van der Waals surface area contributed by atoms with Gasteiger partial charge >= 0.3 is 6.18 Å². The Kier molecular flexibility index (Phi) is 4.54. The van der Waals surface area contributed by atoms with Gasteiger partial charge < -0.3 is 16.0 Å². The first-order valence-electron chi connectivity index (χ1n) is 6.68. The Morgan fingerprint density at radius 1 is 1.52 bits per heavy atom. The summed E-state index contributed by atoms with van der Waals surface area (Å²) in [5.74, 6) is 0.227. The molecule has 0 unspecified atom stereocenters. The molecule has 1 fully saturated rings. The summed E-state index contributed by atoms with van der Waals surface area (Å²) in [6.07, 6.45) is -0.900. The minimum absolute atomic E-state index is 0.186. The van der Waals surface area contributed by atoms with Crippen LogP contribution in [-0.4, -0.2) is 42.0 Å². The summed E-state index contributed by atoms with van der Waals surface area (Å²) in [5.41, 5.74) is 5.01. The highest BCUT2D eigenvalue weighted by Gasteiger charge is 2.33. The molecule has 0 radical (unpaired) electrons. The van der Waals surface area contributed by atoms with Crippen molar-refractivity contribution in [3.05, 3.63) is 23.9 Å². The Morgan fingerprint density at radius 2 is 2.24 bits per heavy atom. The molecule has 0 atom stereocenters. The molecule has 21 heavy (non-hydrogen) atoms. The van der Waals surface area contributed by atoms with E-state index in [0.717, 1.165) is 18.9 Å². The smallest absolute Gasteiger partial charge is 0.370 e. The molecule has 0 saturated heterocycles. The van der Waals surface area contributed by atoms with E-state index < -0.39 is 11.7 Å².